The van der Waals surface area contributed by atoms with E-state index in [1.165, 1.54) is 0 Å². The lowest BCUT2D eigenvalue weighted by Gasteiger charge is -2.03. The van der Waals surface area contributed by atoms with Gasteiger partial charge in [-0.1, -0.05) is 6.07 Å². The first-order chi connectivity index (χ1) is 6.84. The van der Waals surface area contributed by atoms with Gasteiger partial charge in [0.05, 0.1) is 6.20 Å². The fourth-order valence-electron chi connectivity index (χ4n) is 1.11. The summed E-state index contributed by atoms with van der Waals surface area (Å²) in [5, 5.41) is 3.06. The first-order valence-electron chi connectivity index (χ1n) is 4.31. The molecule has 0 radical (unpaired) electrons. The van der Waals surface area contributed by atoms with Crippen molar-refractivity contribution in [1.82, 2.24) is 15.0 Å². The van der Waals surface area contributed by atoms with Crippen molar-refractivity contribution in [2.24, 2.45) is 0 Å². The summed E-state index contributed by atoms with van der Waals surface area (Å²) in [4.78, 5) is 12.3. The summed E-state index contributed by atoms with van der Waals surface area (Å²) in [7, 11) is 0. The van der Waals surface area contributed by atoms with Crippen LogP contribution in [0, 0.1) is 6.92 Å². The molecule has 0 atom stereocenters. The Hall–Kier alpha value is -1.97. The van der Waals surface area contributed by atoms with Gasteiger partial charge in [-0.3, -0.25) is 4.98 Å². The number of nitrogens with zero attached hydrogens (tertiary/aromatic N) is 3. The average Bonchev–Trinajstić information content (AvgIpc) is 2.19. The maximum absolute atomic E-state index is 4.29. The van der Waals surface area contributed by atoms with Crippen LogP contribution in [0.15, 0.2) is 36.8 Å². The predicted molar refractivity (Wildman–Crippen MR) is 54.3 cm³/mol. The lowest BCUT2D eigenvalue weighted by Crippen LogP contribution is -1.96. The van der Waals surface area contributed by atoms with Crippen molar-refractivity contribution < 1.29 is 0 Å². The second-order valence-electron chi connectivity index (χ2n) is 2.88. The largest absolute Gasteiger partial charge is 0.324 e. The first kappa shape index (κ1) is 8.62. The van der Waals surface area contributed by atoms with E-state index in [1.54, 1.807) is 18.6 Å². The standard InChI is InChI=1S/C10H10N4/c1-8-3-2-4-9(13-8)14-10-7-11-5-6-12-10/h2-7H,1H3,(H,12,13,14). The summed E-state index contributed by atoms with van der Waals surface area (Å²) in [6, 6.07) is 5.78. The minimum atomic E-state index is 0.700. The highest BCUT2D eigenvalue weighted by molar-refractivity contribution is 5.49. The Bertz CT molecular complexity index is 413. The van der Waals surface area contributed by atoms with Crippen molar-refractivity contribution in [2.45, 2.75) is 6.92 Å². The van der Waals surface area contributed by atoms with Gasteiger partial charge in [0.25, 0.3) is 0 Å². The molecule has 0 unspecified atom stereocenters. The molecule has 0 spiro atoms. The quantitative estimate of drug-likeness (QED) is 0.778. The van der Waals surface area contributed by atoms with Crippen molar-refractivity contribution in [3.8, 4) is 0 Å². The van der Waals surface area contributed by atoms with Gasteiger partial charge in [0.1, 0.15) is 11.6 Å². The van der Waals surface area contributed by atoms with Gasteiger partial charge < -0.3 is 5.32 Å². The number of rotatable bonds is 2. The number of aryl methyl sites for hydroxylation is 1. The Balaban J connectivity index is 2.19. The molecule has 2 aromatic heterocycles. The van der Waals surface area contributed by atoms with E-state index in [9.17, 15) is 0 Å². The Morgan fingerprint density at radius 2 is 2.07 bits per heavy atom. The normalized spacial score (nSPS) is 9.79. The lowest BCUT2D eigenvalue weighted by atomic mass is 10.4. The van der Waals surface area contributed by atoms with Crippen LogP contribution >= 0.6 is 0 Å². The van der Waals surface area contributed by atoms with Crippen LogP contribution in [0.25, 0.3) is 0 Å². The average molecular weight is 186 g/mol. The summed E-state index contributed by atoms with van der Waals surface area (Å²) in [6.45, 7) is 1.95. The Morgan fingerprint density at radius 1 is 1.14 bits per heavy atom. The van der Waals surface area contributed by atoms with E-state index in [0.717, 1.165) is 11.5 Å². The predicted octanol–water partition coefficient (Wildman–Crippen LogP) is 1.92. The van der Waals surface area contributed by atoms with Crippen molar-refractivity contribution in [1.29, 1.82) is 0 Å². The molecule has 0 bridgehead atoms. The topological polar surface area (TPSA) is 50.7 Å². The summed E-state index contributed by atoms with van der Waals surface area (Å²) in [5.74, 6) is 1.48. The maximum Gasteiger partial charge on any atom is 0.150 e. The molecule has 14 heavy (non-hydrogen) atoms. The molecular weight excluding hydrogens is 176 g/mol. The lowest BCUT2D eigenvalue weighted by molar-refractivity contribution is 1.16. The third-order valence-electron chi connectivity index (χ3n) is 1.71. The van der Waals surface area contributed by atoms with Crippen molar-refractivity contribution in [3.05, 3.63) is 42.5 Å². The molecule has 4 heteroatoms. The van der Waals surface area contributed by atoms with E-state index in [1.807, 2.05) is 25.1 Å². The number of pyridine rings is 1. The van der Waals surface area contributed by atoms with E-state index >= 15 is 0 Å². The highest BCUT2D eigenvalue weighted by Crippen LogP contribution is 2.09. The van der Waals surface area contributed by atoms with Crippen LogP contribution in [-0.2, 0) is 0 Å². The zero-order valence-electron chi connectivity index (χ0n) is 7.81. The van der Waals surface area contributed by atoms with Gasteiger partial charge >= 0.3 is 0 Å². The summed E-state index contributed by atoms with van der Waals surface area (Å²) in [6.07, 6.45) is 4.93. The Labute approximate surface area is 82.1 Å². The number of nitrogens with one attached hydrogen (secondary N) is 1. The van der Waals surface area contributed by atoms with Gasteiger partial charge in [0.2, 0.25) is 0 Å². The molecule has 0 saturated heterocycles. The van der Waals surface area contributed by atoms with E-state index in [4.69, 9.17) is 0 Å². The van der Waals surface area contributed by atoms with E-state index in [2.05, 4.69) is 20.3 Å². The van der Waals surface area contributed by atoms with Crippen LogP contribution in [0.1, 0.15) is 5.69 Å². The minimum Gasteiger partial charge on any atom is -0.324 e. The van der Waals surface area contributed by atoms with Crippen LogP contribution in [0.5, 0.6) is 0 Å². The molecule has 0 saturated carbocycles. The Kier molecular flexibility index (Phi) is 2.36. The highest BCUT2D eigenvalue weighted by atomic mass is 15.1. The molecule has 4 nitrogen and oxygen atoms in total. The Morgan fingerprint density at radius 3 is 2.79 bits per heavy atom. The zero-order chi connectivity index (χ0) is 9.80. The number of hydrogen-bond donors (Lipinski definition) is 1. The van der Waals surface area contributed by atoms with Crippen LogP contribution in [0.4, 0.5) is 11.6 Å². The van der Waals surface area contributed by atoms with Gasteiger partial charge in [-0.15, -0.1) is 0 Å². The van der Waals surface area contributed by atoms with Crippen LogP contribution in [0.3, 0.4) is 0 Å². The molecule has 1 N–H and O–H groups in total. The minimum absolute atomic E-state index is 0.700. The first-order valence-corrected chi connectivity index (χ1v) is 4.31. The van der Waals surface area contributed by atoms with Crippen LogP contribution in [-0.4, -0.2) is 15.0 Å². The summed E-state index contributed by atoms with van der Waals surface area (Å²) < 4.78 is 0. The van der Waals surface area contributed by atoms with Crippen LogP contribution in [0.2, 0.25) is 0 Å². The fraction of sp³-hybridized carbons (Fsp3) is 0.100. The third-order valence-corrected chi connectivity index (χ3v) is 1.71. The highest BCUT2D eigenvalue weighted by Gasteiger charge is 1.95. The van der Waals surface area contributed by atoms with Gasteiger partial charge in [0.15, 0.2) is 0 Å². The van der Waals surface area contributed by atoms with E-state index in [0.29, 0.717) is 5.82 Å². The molecule has 0 aromatic carbocycles. The molecule has 2 rings (SSSR count). The van der Waals surface area contributed by atoms with Gasteiger partial charge in [-0.2, -0.15) is 0 Å². The van der Waals surface area contributed by atoms with Gasteiger partial charge in [0, 0.05) is 18.1 Å². The SMILES string of the molecule is Cc1cccc(Nc2cnccn2)n1. The van der Waals surface area contributed by atoms with Crippen molar-refractivity contribution >= 4 is 11.6 Å². The molecule has 0 aliphatic heterocycles. The van der Waals surface area contributed by atoms with E-state index in [-0.39, 0.29) is 0 Å². The third kappa shape index (κ3) is 2.04. The fourth-order valence-corrected chi connectivity index (χ4v) is 1.11. The van der Waals surface area contributed by atoms with Gasteiger partial charge in [-0.05, 0) is 19.1 Å². The molecule has 2 aromatic rings. The molecule has 2 heterocycles. The van der Waals surface area contributed by atoms with E-state index < -0.39 is 0 Å². The summed E-state index contributed by atoms with van der Waals surface area (Å²) in [5.41, 5.74) is 0.971. The van der Waals surface area contributed by atoms with Crippen molar-refractivity contribution in [3.63, 3.8) is 0 Å². The second kappa shape index (κ2) is 3.83. The van der Waals surface area contributed by atoms with Crippen LogP contribution < -0.4 is 5.32 Å². The zero-order valence-corrected chi connectivity index (χ0v) is 7.81. The summed E-state index contributed by atoms with van der Waals surface area (Å²) >= 11 is 0. The molecule has 0 aliphatic carbocycles. The molecule has 0 aliphatic rings. The molecule has 70 valence electrons. The second-order valence-corrected chi connectivity index (χ2v) is 2.88. The molecular formula is C10H10N4. The molecule has 0 amide bonds. The smallest absolute Gasteiger partial charge is 0.150 e. The number of hydrogen-bond acceptors (Lipinski definition) is 4. The maximum atomic E-state index is 4.29. The molecule has 0 fully saturated rings. The number of anilines is 2. The monoisotopic (exact) mass is 186 g/mol. The number of aromatic nitrogens is 3. The van der Waals surface area contributed by atoms with Crippen molar-refractivity contribution in [2.75, 3.05) is 5.32 Å². The van der Waals surface area contributed by atoms with Gasteiger partial charge in [-0.25, -0.2) is 9.97 Å².